The molecule has 1 aliphatic rings. The lowest BCUT2D eigenvalue weighted by molar-refractivity contribution is -0.384. The van der Waals surface area contributed by atoms with E-state index in [9.17, 15) is 14.9 Å². The highest BCUT2D eigenvalue weighted by molar-refractivity contribution is 6.00. The van der Waals surface area contributed by atoms with E-state index in [-0.39, 0.29) is 11.6 Å². The van der Waals surface area contributed by atoms with Crippen LogP contribution in [0.5, 0.6) is 0 Å². The Morgan fingerprint density at radius 3 is 2.67 bits per heavy atom. The second-order valence-corrected chi connectivity index (χ2v) is 7.27. The van der Waals surface area contributed by atoms with E-state index in [2.05, 4.69) is 20.4 Å². The number of carbonyl (C=O) groups is 1. The number of benzene rings is 1. The standard InChI is InChI=1S/C20H21N7O3/c1-12-9-17(23-19(21-12)14-5-4-6-15(11-14)27(29)30)22-16-7-8-26(20(16)28)18-10-13(2)24-25(18)3/h4-6,9-11,16H,7-8H2,1-3H3,(H,21,22,23). The average Bonchev–Trinajstić information content (AvgIpc) is 3.22. The maximum absolute atomic E-state index is 12.9. The van der Waals surface area contributed by atoms with E-state index in [1.807, 2.05) is 27.0 Å². The zero-order valence-electron chi connectivity index (χ0n) is 16.9. The van der Waals surface area contributed by atoms with Crippen LogP contribution in [0.15, 0.2) is 36.4 Å². The number of anilines is 2. The minimum atomic E-state index is -0.454. The molecule has 1 fully saturated rings. The van der Waals surface area contributed by atoms with Crippen LogP contribution in [0.3, 0.4) is 0 Å². The third-order valence-corrected chi connectivity index (χ3v) is 4.95. The summed E-state index contributed by atoms with van der Waals surface area (Å²) < 4.78 is 1.70. The van der Waals surface area contributed by atoms with E-state index in [0.29, 0.717) is 35.9 Å². The molecule has 3 aromatic rings. The fourth-order valence-corrected chi connectivity index (χ4v) is 3.60. The summed E-state index contributed by atoms with van der Waals surface area (Å²) in [7, 11) is 1.81. The zero-order valence-corrected chi connectivity index (χ0v) is 16.9. The molecule has 4 rings (SSSR count). The number of carbonyl (C=O) groups excluding carboxylic acids is 1. The van der Waals surface area contributed by atoms with Gasteiger partial charge < -0.3 is 5.32 Å². The van der Waals surface area contributed by atoms with Crippen molar-refractivity contribution in [3.63, 3.8) is 0 Å². The highest BCUT2D eigenvalue weighted by Crippen LogP contribution is 2.26. The molecule has 1 saturated heterocycles. The number of nitro groups is 1. The third-order valence-electron chi connectivity index (χ3n) is 4.95. The van der Waals surface area contributed by atoms with Crippen LogP contribution in [0.1, 0.15) is 17.8 Å². The van der Waals surface area contributed by atoms with Crippen molar-refractivity contribution in [3.8, 4) is 11.4 Å². The zero-order chi connectivity index (χ0) is 21.4. The van der Waals surface area contributed by atoms with Gasteiger partial charge in [-0.1, -0.05) is 12.1 Å². The summed E-state index contributed by atoms with van der Waals surface area (Å²) in [6.07, 6.45) is 0.623. The number of hydrogen-bond donors (Lipinski definition) is 1. The highest BCUT2D eigenvalue weighted by Gasteiger charge is 2.34. The lowest BCUT2D eigenvalue weighted by Crippen LogP contribution is -2.34. The summed E-state index contributed by atoms with van der Waals surface area (Å²) in [4.78, 5) is 34.1. The minimum absolute atomic E-state index is 0.0276. The van der Waals surface area contributed by atoms with Crippen molar-refractivity contribution in [2.24, 2.45) is 7.05 Å². The number of nitrogens with one attached hydrogen (secondary N) is 1. The molecule has 0 bridgehead atoms. The first-order valence-corrected chi connectivity index (χ1v) is 9.51. The van der Waals surface area contributed by atoms with Gasteiger partial charge in [-0.05, 0) is 20.3 Å². The fraction of sp³-hybridized carbons (Fsp3) is 0.300. The Bertz CT molecular complexity index is 1140. The van der Waals surface area contributed by atoms with Crippen LogP contribution in [0, 0.1) is 24.0 Å². The van der Waals surface area contributed by atoms with Crippen LogP contribution in [0.25, 0.3) is 11.4 Å². The van der Waals surface area contributed by atoms with Gasteiger partial charge in [0.2, 0.25) is 0 Å². The van der Waals surface area contributed by atoms with Gasteiger partial charge in [0.15, 0.2) is 5.82 Å². The van der Waals surface area contributed by atoms with E-state index in [0.717, 1.165) is 11.5 Å². The van der Waals surface area contributed by atoms with E-state index >= 15 is 0 Å². The van der Waals surface area contributed by atoms with Gasteiger partial charge >= 0.3 is 0 Å². The summed E-state index contributed by atoms with van der Waals surface area (Å²) in [5.74, 6) is 1.58. The van der Waals surface area contributed by atoms with E-state index in [4.69, 9.17) is 0 Å². The van der Waals surface area contributed by atoms with Crippen LogP contribution in [0.2, 0.25) is 0 Å². The number of aryl methyl sites for hydroxylation is 3. The lowest BCUT2D eigenvalue weighted by atomic mass is 10.2. The predicted molar refractivity (Wildman–Crippen MR) is 111 cm³/mol. The van der Waals surface area contributed by atoms with Gasteiger partial charge in [-0.25, -0.2) is 9.97 Å². The van der Waals surface area contributed by atoms with Crippen molar-refractivity contribution in [3.05, 3.63) is 57.9 Å². The smallest absolute Gasteiger partial charge is 0.270 e. The molecular weight excluding hydrogens is 386 g/mol. The Morgan fingerprint density at radius 1 is 1.17 bits per heavy atom. The molecule has 1 aromatic carbocycles. The van der Waals surface area contributed by atoms with Crippen LogP contribution >= 0.6 is 0 Å². The van der Waals surface area contributed by atoms with E-state index < -0.39 is 11.0 Å². The molecule has 0 aliphatic carbocycles. The molecule has 3 heterocycles. The van der Waals surface area contributed by atoms with Crippen LogP contribution in [-0.2, 0) is 11.8 Å². The first kappa shape index (κ1) is 19.5. The maximum Gasteiger partial charge on any atom is 0.270 e. The molecule has 1 aliphatic heterocycles. The number of nitrogens with zero attached hydrogens (tertiary/aromatic N) is 6. The largest absolute Gasteiger partial charge is 0.358 e. The molecular formula is C20H21N7O3. The number of non-ortho nitro benzene ring substituents is 1. The third kappa shape index (κ3) is 3.71. The summed E-state index contributed by atoms with van der Waals surface area (Å²) in [6.45, 7) is 4.28. The molecule has 1 amide bonds. The van der Waals surface area contributed by atoms with Crippen molar-refractivity contribution in [1.82, 2.24) is 19.7 Å². The molecule has 1 atom stereocenters. The number of nitro benzene ring substituents is 1. The molecule has 1 unspecified atom stereocenters. The predicted octanol–water partition coefficient (Wildman–Crippen LogP) is 2.62. The topological polar surface area (TPSA) is 119 Å². The molecule has 1 N–H and O–H groups in total. The minimum Gasteiger partial charge on any atom is -0.358 e. The monoisotopic (exact) mass is 407 g/mol. The molecule has 10 heteroatoms. The summed E-state index contributed by atoms with van der Waals surface area (Å²) in [5.41, 5.74) is 2.06. The number of aromatic nitrogens is 4. The van der Waals surface area contributed by atoms with Gasteiger partial charge in [-0.3, -0.25) is 24.5 Å². The summed E-state index contributed by atoms with van der Waals surface area (Å²) >= 11 is 0. The number of rotatable bonds is 5. The van der Waals surface area contributed by atoms with Crippen molar-refractivity contribution in [1.29, 1.82) is 0 Å². The Labute approximate surface area is 172 Å². The fourth-order valence-electron chi connectivity index (χ4n) is 3.60. The molecule has 154 valence electrons. The second kappa shape index (κ2) is 7.54. The average molecular weight is 407 g/mol. The first-order chi connectivity index (χ1) is 14.3. The normalized spacial score (nSPS) is 16.2. The van der Waals surface area contributed by atoms with Gasteiger partial charge in [0.05, 0.1) is 10.6 Å². The Kier molecular flexibility index (Phi) is 4.90. The van der Waals surface area contributed by atoms with Gasteiger partial charge in [-0.15, -0.1) is 0 Å². The second-order valence-electron chi connectivity index (χ2n) is 7.27. The van der Waals surface area contributed by atoms with Gasteiger partial charge in [0.25, 0.3) is 11.6 Å². The van der Waals surface area contributed by atoms with Crippen molar-refractivity contribution >= 4 is 23.2 Å². The van der Waals surface area contributed by atoms with Crippen molar-refractivity contribution in [2.75, 3.05) is 16.8 Å². The van der Waals surface area contributed by atoms with E-state index in [1.165, 1.54) is 12.1 Å². The van der Waals surface area contributed by atoms with Crippen LogP contribution in [-0.4, -0.2) is 43.2 Å². The van der Waals surface area contributed by atoms with Gasteiger partial charge in [-0.2, -0.15) is 5.10 Å². The lowest BCUT2D eigenvalue weighted by Gasteiger charge is -2.17. The Balaban J connectivity index is 1.57. The van der Waals surface area contributed by atoms with Crippen LogP contribution < -0.4 is 10.2 Å². The quantitative estimate of drug-likeness (QED) is 0.510. The Hall–Kier alpha value is -3.82. The van der Waals surface area contributed by atoms with Gasteiger partial charge in [0.1, 0.15) is 17.7 Å². The number of hydrogen-bond acceptors (Lipinski definition) is 7. The maximum atomic E-state index is 12.9. The SMILES string of the molecule is Cc1cc(NC2CCN(c3cc(C)nn3C)C2=O)nc(-c2cccc([N+](=O)[O-])c2)n1. The van der Waals surface area contributed by atoms with Crippen molar-refractivity contribution < 1.29 is 9.72 Å². The van der Waals surface area contributed by atoms with Crippen LogP contribution in [0.4, 0.5) is 17.3 Å². The van der Waals surface area contributed by atoms with Gasteiger partial charge in [0, 0.05) is 49.1 Å². The molecule has 0 spiro atoms. The molecule has 0 radical (unpaired) electrons. The number of amides is 1. The molecule has 10 nitrogen and oxygen atoms in total. The molecule has 2 aromatic heterocycles. The van der Waals surface area contributed by atoms with E-state index in [1.54, 1.807) is 27.8 Å². The first-order valence-electron chi connectivity index (χ1n) is 9.51. The summed E-state index contributed by atoms with van der Waals surface area (Å²) in [6, 6.07) is 9.39. The van der Waals surface area contributed by atoms with Crippen molar-refractivity contribution in [2.45, 2.75) is 26.3 Å². The highest BCUT2D eigenvalue weighted by atomic mass is 16.6. The molecule has 0 saturated carbocycles. The molecule has 30 heavy (non-hydrogen) atoms. The Morgan fingerprint density at radius 2 is 1.97 bits per heavy atom. The summed E-state index contributed by atoms with van der Waals surface area (Å²) in [5, 5.41) is 18.6.